The standard InChI is InChI=1S/C17H22ClN3O2/c1-4-5-11-23-16-19-14(13-9-7-6-8-10-13)21(20-16)15(22)17(2,3)12-18/h6-10H,4-5,11-12H2,1-3H3. The smallest absolute Gasteiger partial charge is 0.336 e. The van der Waals surface area contributed by atoms with E-state index in [0.717, 1.165) is 18.4 Å². The van der Waals surface area contributed by atoms with Crippen molar-refractivity contribution in [2.45, 2.75) is 33.6 Å². The van der Waals surface area contributed by atoms with Crippen LogP contribution >= 0.6 is 11.6 Å². The fourth-order valence-corrected chi connectivity index (χ4v) is 2.04. The van der Waals surface area contributed by atoms with Crippen molar-refractivity contribution in [3.8, 4) is 17.4 Å². The number of halogens is 1. The second kappa shape index (κ2) is 7.59. The second-order valence-electron chi connectivity index (χ2n) is 6.02. The van der Waals surface area contributed by atoms with Gasteiger partial charge in [-0.2, -0.15) is 9.67 Å². The number of ether oxygens (including phenoxy) is 1. The van der Waals surface area contributed by atoms with E-state index in [-0.39, 0.29) is 17.8 Å². The largest absolute Gasteiger partial charge is 0.462 e. The van der Waals surface area contributed by atoms with Gasteiger partial charge < -0.3 is 4.74 Å². The Morgan fingerprint density at radius 2 is 2.00 bits per heavy atom. The quantitative estimate of drug-likeness (QED) is 0.566. The predicted molar refractivity (Wildman–Crippen MR) is 91.0 cm³/mol. The minimum atomic E-state index is -0.737. The summed E-state index contributed by atoms with van der Waals surface area (Å²) < 4.78 is 6.86. The number of rotatable bonds is 7. The van der Waals surface area contributed by atoms with E-state index in [2.05, 4.69) is 17.0 Å². The first kappa shape index (κ1) is 17.5. The fraction of sp³-hybridized carbons (Fsp3) is 0.471. The summed E-state index contributed by atoms with van der Waals surface area (Å²) in [5, 5.41) is 4.25. The number of alkyl halides is 1. The van der Waals surface area contributed by atoms with Gasteiger partial charge in [-0.25, -0.2) is 0 Å². The van der Waals surface area contributed by atoms with Gasteiger partial charge in [-0.05, 0) is 20.3 Å². The van der Waals surface area contributed by atoms with Crippen molar-refractivity contribution in [2.24, 2.45) is 5.41 Å². The Kier molecular flexibility index (Phi) is 5.77. The molecule has 1 aromatic carbocycles. The van der Waals surface area contributed by atoms with Gasteiger partial charge in [-0.3, -0.25) is 4.79 Å². The maximum atomic E-state index is 12.8. The first-order valence-corrected chi connectivity index (χ1v) is 8.29. The van der Waals surface area contributed by atoms with Crippen molar-refractivity contribution in [1.29, 1.82) is 0 Å². The highest BCUT2D eigenvalue weighted by Crippen LogP contribution is 2.25. The Labute approximate surface area is 141 Å². The molecule has 0 radical (unpaired) electrons. The zero-order valence-corrected chi connectivity index (χ0v) is 14.5. The molecule has 5 nitrogen and oxygen atoms in total. The van der Waals surface area contributed by atoms with Crippen molar-refractivity contribution in [3.63, 3.8) is 0 Å². The summed E-state index contributed by atoms with van der Waals surface area (Å²) >= 11 is 5.93. The van der Waals surface area contributed by atoms with Crippen molar-refractivity contribution < 1.29 is 9.53 Å². The minimum Gasteiger partial charge on any atom is -0.462 e. The number of carbonyl (C=O) groups is 1. The topological polar surface area (TPSA) is 57.0 Å². The number of nitrogens with zero attached hydrogens (tertiary/aromatic N) is 3. The van der Waals surface area contributed by atoms with Crippen LogP contribution in [0.2, 0.25) is 0 Å². The van der Waals surface area contributed by atoms with Crippen LogP contribution in [0.4, 0.5) is 0 Å². The van der Waals surface area contributed by atoms with Crippen molar-refractivity contribution >= 4 is 17.5 Å². The average Bonchev–Trinajstić information content (AvgIpc) is 2.99. The van der Waals surface area contributed by atoms with Crippen molar-refractivity contribution in [3.05, 3.63) is 30.3 Å². The maximum absolute atomic E-state index is 12.8. The molecule has 0 aliphatic carbocycles. The van der Waals surface area contributed by atoms with Crippen LogP contribution in [0.15, 0.2) is 30.3 Å². The molecule has 2 aromatic rings. The molecule has 0 fully saturated rings. The molecule has 1 heterocycles. The van der Waals surface area contributed by atoms with Crippen LogP contribution in [0.1, 0.15) is 38.4 Å². The summed E-state index contributed by atoms with van der Waals surface area (Å²) in [5.74, 6) is 0.468. The molecule has 0 saturated carbocycles. The number of benzene rings is 1. The zero-order valence-electron chi connectivity index (χ0n) is 13.8. The van der Waals surface area contributed by atoms with Crippen LogP contribution in [-0.4, -0.2) is 33.2 Å². The van der Waals surface area contributed by atoms with Crippen LogP contribution in [0.5, 0.6) is 6.01 Å². The number of unbranched alkanes of at least 4 members (excludes halogenated alkanes) is 1. The summed E-state index contributed by atoms with van der Waals surface area (Å²) in [4.78, 5) is 17.1. The number of hydrogen-bond donors (Lipinski definition) is 0. The highest BCUT2D eigenvalue weighted by molar-refractivity contribution is 6.20. The Morgan fingerprint density at radius 1 is 1.30 bits per heavy atom. The Balaban J connectivity index is 2.40. The van der Waals surface area contributed by atoms with Crippen LogP contribution in [-0.2, 0) is 0 Å². The Bertz CT molecular complexity index is 653. The van der Waals surface area contributed by atoms with E-state index in [1.807, 2.05) is 30.3 Å². The SMILES string of the molecule is CCCCOc1nc(-c2ccccc2)n(C(=O)C(C)(C)CCl)n1. The monoisotopic (exact) mass is 335 g/mol. The third-order valence-electron chi connectivity index (χ3n) is 3.45. The molecule has 0 unspecified atom stereocenters. The van der Waals surface area contributed by atoms with Gasteiger partial charge in [0, 0.05) is 11.4 Å². The third kappa shape index (κ3) is 4.10. The lowest BCUT2D eigenvalue weighted by Gasteiger charge is -2.19. The van der Waals surface area contributed by atoms with Crippen LogP contribution in [0.25, 0.3) is 11.4 Å². The zero-order chi connectivity index (χ0) is 16.9. The molecule has 0 spiro atoms. The molecule has 1 aromatic heterocycles. The van der Waals surface area contributed by atoms with E-state index in [4.69, 9.17) is 16.3 Å². The summed E-state index contributed by atoms with van der Waals surface area (Å²) in [6, 6.07) is 9.69. The van der Waals surface area contributed by atoms with E-state index in [1.54, 1.807) is 13.8 Å². The van der Waals surface area contributed by atoms with Gasteiger partial charge in [0.05, 0.1) is 12.0 Å². The van der Waals surface area contributed by atoms with Crippen LogP contribution < -0.4 is 4.74 Å². The van der Waals surface area contributed by atoms with Gasteiger partial charge in [0.1, 0.15) is 0 Å². The van der Waals surface area contributed by atoms with Crippen LogP contribution in [0, 0.1) is 5.41 Å². The lowest BCUT2D eigenvalue weighted by atomic mass is 9.95. The maximum Gasteiger partial charge on any atom is 0.336 e. The molecule has 2 rings (SSSR count). The summed E-state index contributed by atoms with van der Waals surface area (Å²) in [7, 11) is 0. The molecule has 0 bridgehead atoms. The Hall–Kier alpha value is -1.88. The average molecular weight is 336 g/mol. The minimum absolute atomic E-state index is 0.200. The molecule has 124 valence electrons. The number of carbonyl (C=O) groups excluding carboxylic acids is 1. The van der Waals surface area contributed by atoms with Crippen molar-refractivity contribution in [1.82, 2.24) is 14.8 Å². The molecule has 0 saturated heterocycles. The first-order valence-electron chi connectivity index (χ1n) is 7.75. The molecule has 6 heteroatoms. The first-order chi connectivity index (χ1) is 11.0. The van der Waals surface area contributed by atoms with Gasteiger partial charge in [0.25, 0.3) is 5.91 Å². The summed E-state index contributed by atoms with van der Waals surface area (Å²) in [6.45, 7) is 6.19. The molecule has 23 heavy (non-hydrogen) atoms. The van der Waals surface area contributed by atoms with Gasteiger partial charge in [-0.1, -0.05) is 43.7 Å². The predicted octanol–water partition coefficient (Wildman–Crippen LogP) is 4.03. The van der Waals surface area contributed by atoms with Crippen LogP contribution in [0.3, 0.4) is 0 Å². The lowest BCUT2D eigenvalue weighted by molar-refractivity contribution is 0.0752. The molecule has 0 N–H and O–H groups in total. The lowest BCUT2D eigenvalue weighted by Crippen LogP contribution is -2.32. The molecular formula is C17H22ClN3O2. The molecule has 0 aliphatic rings. The molecule has 0 amide bonds. The van der Waals surface area contributed by atoms with Gasteiger partial charge in [0.2, 0.25) is 0 Å². The van der Waals surface area contributed by atoms with E-state index < -0.39 is 5.41 Å². The van der Waals surface area contributed by atoms with Crippen molar-refractivity contribution in [2.75, 3.05) is 12.5 Å². The summed E-state index contributed by atoms with van der Waals surface area (Å²) in [5.41, 5.74) is 0.0727. The van der Waals surface area contributed by atoms with E-state index in [9.17, 15) is 4.79 Å². The van der Waals surface area contributed by atoms with E-state index >= 15 is 0 Å². The van der Waals surface area contributed by atoms with Gasteiger partial charge in [-0.15, -0.1) is 16.7 Å². The number of hydrogen-bond acceptors (Lipinski definition) is 4. The second-order valence-corrected chi connectivity index (χ2v) is 6.29. The molecule has 0 aliphatic heterocycles. The summed E-state index contributed by atoms with van der Waals surface area (Å²) in [6.07, 6.45) is 1.93. The number of aromatic nitrogens is 3. The van der Waals surface area contributed by atoms with Gasteiger partial charge in [0.15, 0.2) is 5.82 Å². The Morgan fingerprint density at radius 3 is 2.61 bits per heavy atom. The third-order valence-corrected chi connectivity index (χ3v) is 4.12. The van der Waals surface area contributed by atoms with Gasteiger partial charge >= 0.3 is 6.01 Å². The molecule has 0 atom stereocenters. The highest BCUT2D eigenvalue weighted by atomic mass is 35.5. The highest BCUT2D eigenvalue weighted by Gasteiger charge is 2.32. The molecular weight excluding hydrogens is 314 g/mol. The fourth-order valence-electron chi connectivity index (χ4n) is 1.92. The normalized spacial score (nSPS) is 11.5. The van der Waals surface area contributed by atoms with E-state index in [0.29, 0.717) is 12.4 Å². The van der Waals surface area contributed by atoms with E-state index in [1.165, 1.54) is 4.68 Å².